The molecule has 3 unspecified atom stereocenters. The topological polar surface area (TPSA) is 43.7 Å². The fourth-order valence-corrected chi connectivity index (χ4v) is 2.47. The molecule has 2 aliphatic heterocycles. The van der Waals surface area contributed by atoms with Crippen LogP contribution in [0.3, 0.4) is 0 Å². The summed E-state index contributed by atoms with van der Waals surface area (Å²) in [7, 11) is 0. The largest absolute Gasteiger partial charge is 0.391 e. The molecule has 2 N–H and O–H groups in total. The first kappa shape index (κ1) is 8.48. The standard InChI is InChI=1S/C9H17NO2/c11-8-4-2-6-10-7(8)3-1-5-9(10)12/h7-9,11-12H,1-6H2. The molecule has 0 bridgehead atoms. The summed E-state index contributed by atoms with van der Waals surface area (Å²) in [6, 6.07) is 0.238. The lowest BCUT2D eigenvalue weighted by molar-refractivity contribution is -0.110. The molecule has 0 radical (unpaired) electrons. The van der Waals surface area contributed by atoms with Crippen molar-refractivity contribution in [2.45, 2.75) is 50.5 Å². The fourth-order valence-electron chi connectivity index (χ4n) is 2.47. The molecule has 3 heteroatoms. The van der Waals surface area contributed by atoms with Crippen LogP contribution in [-0.2, 0) is 0 Å². The van der Waals surface area contributed by atoms with Gasteiger partial charge in [-0.3, -0.25) is 4.90 Å². The molecule has 0 amide bonds. The van der Waals surface area contributed by atoms with Gasteiger partial charge in [0, 0.05) is 12.6 Å². The van der Waals surface area contributed by atoms with Crippen LogP contribution in [0, 0.1) is 0 Å². The number of piperidine rings is 2. The Labute approximate surface area is 73.0 Å². The quantitative estimate of drug-likeness (QED) is 0.551. The molecule has 12 heavy (non-hydrogen) atoms. The van der Waals surface area contributed by atoms with Gasteiger partial charge in [-0.25, -0.2) is 0 Å². The van der Waals surface area contributed by atoms with Gasteiger partial charge in [0.15, 0.2) is 0 Å². The van der Waals surface area contributed by atoms with Crippen LogP contribution >= 0.6 is 0 Å². The Kier molecular flexibility index (Phi) is 2.35. The van der Waals surface area contributed by atoms with Crippen molar-refractivity contribution in [1.82, 2.24) is 4.90 Å². The van der Waals surface area contributed by atoms with Crippen LogP contribution in [0.1, 0.15) is 32.1 Å². The summed E-state index contributed by atoms with van der Waals surface area (Å²) >= 11 is 0. The SMILES string of the molecule is OC1CCCN2C(O)CCCC12. The van der Waals surface area contributed by atoms with Crippen molar-refractivity contribution in [3.8, 4) is 0 Å². The van der Waals surface area contributed by atoms with Gasteiger partial charge in [0.1, 0.15) is 6.23 Å². The molecule has 3 atom stereocenters. The Morgan fingerprint density at radius 2 is 1.83 bits per heavy atom. The summed E-state index contributed by atoms with van der Waals surface area (Å²) in [6.07, 6.45) is 4.43. The highest BCUT2D eigenvalue weighted by Crippen LogP contribution is 2.29. The van der Waals surface area contributed by atoms with Crippen LogP contribution in [0.25, 0.3) is 0 Å². The van der Waals surface area contributed by atoms with E-state index in [1.807, 2.05) is 0 Å². The van der Waals surface area contributed by atoms with Crippen LogP contribution < -0.4 is 0 Å². The monoisotopic (exact) mass is 171 g/mol. The molecule has 0 spiro atoms. The van der Waals surface area contributed by atoms with Gasteiger partial charge >= 0.3 is 0 Å². The minimum atomic E-state index is -0.293. The van der Waals surface area contributed by atoms with E-state index < -0.39 is 0 Å². The predicted octanol–water partition coefficient (Wildman–Crippen LogP) is 0.314. The average molecular weight is 171 g/mol. The lowest BCUT2D eigenvalue weighted by Gasteiger charge is -2.45. The molecule has 70 valence electrons. The lowest BCUT2D eigenvalue weighted by atomic mass is 9.90. The minimum absolute atomic E-state index is 0.200. The molecule has 0 aromatic heterocycles. The molecule has 2 fully saturated rings. The van der Waals surface area contributed by atoms with Crippen LogP contribution in [0.2, 0.25) is 0 Å². The molecule has 2 saturated heterocycles. The van der Waals surface area contributed by atoms with Gasteiger partial charge in [0.25, 0.3) is 0 Å². The van der Waals surface area contributed by atoms with Crippen molar-refractivity contribution in [3.63, 3.8) is 0 Å². The minimum Gasteiger partial charge on any atom is -0.391 e. The number of aliphatic hydroxyl groups excluding tert-OH is 2. The predicted molar refractivity (Wildman–Crippen MR) is 45.6 cm³/mol. The van der Waals surface area contributed by atoms with Crippen molar-refractivity contribution in [2.75, 3.05) is 6.54 Å². The first-order valence-electron chi connectivity index (χ1n) is 4.91. The summed E-state index contributed by atoms with van der Waals surface area (Å²) in [5.74, 6) is 0. The smallest absolute Gasteiger partial charge is 0.107 e. The zero-order valence-electron chi connectivity index (χ0n) is 7.32. The lowest BCUT2D eigenvalue weighted by Crippen LogP contribution is -2.55. The third-order valence-electron chi connectivity index (χ3n) is 3.13. The summed E-state index contributed by atoms with van der Waals surface area (Å²) in [5.41, 5.74) is 0. The molecule has 2 heterocycles. The average Bonchev–Trinajstić information content (AvgIpc) is 2.07. The van der Waals surface area contributed by atoms with E-state index in [-0.39, 0.29) is 18.4 Å². The Balaban J connectivity index is 2.05. The van der Waals surface area contributed by atoms with Crippen molar-refractivity contribution in [3.05, 3.63) is 0 Å². The Morgan fingerprint density at radius 3 is 2.58 bits per heavy atom. The van der Waals surface area contributed by atoms with Crippen molar-refractivity contribution in [1.29, 1.82) is 0 Å². The Hall–Kier alpha value is -0.120. The molecule has 3 nitrogen and oxygen atoms in total. The second-order valence-corrected chi connectivity index (χ2v) is 3.93. The molecule has 2 rings (SSSR count). The molecule has 0 aromatic rings. The van der Waals surface area contributed by atoms with Crippen LogP contribution in [0.4, 0.5) is 0 Å². The number of hydrogen-bond donors (Lipinski definition) is 2. The van der Waals surface area contributed by atoms with E-state index in [9.17, 15) is 10.2 Å². The highest BCUT2D eigenvalue weighted by molar-refractivity contribution is 4.88. The Morgan fingerprint density at radius 1 is 1.00 bits per heavy atom. The van der Waals surface area contributed by atoms with Gasteiger partial charge in [-0.1, -0.05) is 0 Å². The van der Waals surface area contributed by atoms with Crippen molar-refractivity contribution < 1.29 is 10.2 Å². The fraction of sp³-hybridized carbons (Fsp3) is 1.00. The van der Waals surface area contributed by atoms with E-state index in [1.54, 1.807) is 0 Å². The van der Waals surface area contributed by atoms with Crippen molar-refractivity contribution >= 4 is 0 Å². The van der Waals surface area contributed by atoms with Gasteiger partial charge in [-0.05, 0) is 32.1 Å². The van der Waals surface area contributed by atoms with E-state index in [0.29, 0.717) is 0 Å². The van der Waals surface area contributed by atoms with E-state index in [1.165, 1.54) is 0 Å². The maximum absolute atomic E-state index is 9.67. The summed E-state index contributed by atoms with van der Waals surface area (Å²) < 4.78 is 0. The van der Waals surface area contributed by atoms with Gasteiger partial charge in [-0.2, -0.15) is 0 Å². The molecule has 0 saturated carbocycles. The Bertz CT molecular complexity index is 145. The van der Waals surface area contributed by atoms with Crippen molar-refractivity contribution in [2.24, 2.45) is 0 Å². The van der Waals surface area contributed by atoms with Crippen LogP contribution in [0.15, 0.2) is 0 Å². The molecular formula is C9H17NO2. The molecule has 0 aromatic carbocycles. The maximum Gasteiger partial charge on any atom is 0.107 e. The van der Waals surface area contributed by atoms with E-state index >= 15 is 0 Å². The zero-order valence-corrected chi connectivity index (χ0v) is 7.32. The van der Waals surface area contributed by atoms with E-state index in [0.717, 1.165) is 38.6 Å². The van der Waals surface area contributed by atoms with Crippen LogP contribution in [-0.4, -0.2) is 40.0 Å². The highest BCUT2D eigenvalue weighted by Gasteiger charge is 2.36. The van der Waals surface area contributed by atoms with Crippen LogP contribution in [0.5, 0.6) is 0 Å². The molecule has 0 aliphatic carbocycles. The number of fused-ring (bicyclic) bond motifs is 1. The van der Waals surface area contributed by atoms with Gasteiger partial charge < -0.3 is 10.2 Å². The second kappa shape index (κ2) is 3.32. The third-order valence-corrected chi connectivity index (χ3v) is 3.13. The van der Waals surface area contributed by atoms with Gasteiger partial charge in [0.05, 0.1) is 6.10 Å². The first-order valence-corrected chi connectivity index (χ1v) is 4.91. The second-order valence-electron chi connectivity index (χ2n) is 3.93. The first-order chi connectivity index (χ1) is 5.79. The molecule has 2 aliphatic rings. The van der Waals surface area contributed by atoms with Gasteiger partial charge in [-0.15, -0.1) is 0 Å². The number of rotatable bonds is 0. The number of hydrogen-bond acceptors (Lipinski definition) is 3. The third kappa shape index (κ3) is 1.37. The van der Waals surface area contributed by atoms with E-state index in [4.69, 9.17) is 0 Å². The maximum atomic E-state index is 9.67. The summed E-state index contributed by atoms with van der Waals surface area (Å²) in [5, 5.41) is 19.3. The number of nitrogens with zero attached hydrogens (tertiary/aromatic N) is 1. The summed E-state index contributed by atoms with van der Waals surface area (Å²) in [4.78, 5) is 2.07. The van der Waals surface area contributed by atoms with Gasteiger partial charge in [0.2, 0.25) is 0 Å². The number of aliphatic hydroxyl groups is 2. The normalized spacial score (nSPS) is 44.0. The molecular weight excluding hydrogens is 154 g/mol. The van der Waals surface area contributed by atoms with E-state index in [2.05, 4.69) is 4.90 Å². The highest BCUT2D eigenvalue weighted by atomic mass is 16.3. The zero-order chi connectivity index (χ0) is 8.55. The summed E-state index contributed by atoms with van der Waals surface area (Å²) in [6.45, 7) is 0.961.